The summed E-state index contributed by atoms with van der Waals surface area (Å²) in [6, 6.07) is 10.9. The van der Waals surface area contributed by atoms with Crippen LogP contribution in [0.5, 0.6) is 0 Å². The molecule has 0 radical (unpaired) electrons. The third-order valence-corrected chi connectivity index (χ3v) is 5.39. The molecule has 0 spiro atoms. The molecule has 8 heteroatoms. The van der Waals surface area contributed by atoms with Gasteiger partial charge in [-0.05, 0) is 51.0 Å². The van der Waals surface area contributed by atoms with Gasteiger partial charge >= 0.3 is 6.03 Å². The Balaban J connectivity index is 1.39. The number of hydrogen-bond donors (Lipinski definition) is 2. The van der Waals surface area contributed by atoms with E-state index in [-0.39, 0.29) is 17.8 Å². The predicted molar refractivity (Wildman–Crippen MR) is 114 cm³/mol. The second-order valence-corrected chi connectivity index (χ2v) is 7.85. The number of anilines is 2. The zero-order valence-corrected chi connectivity index (χ0v) is 17.0. The molecule has 158 valence electrons. The Labute approximate surface area is 173 Å². The van der Waals surface area contributed by atoms with Crippen molar-refractivity contribution in [2.75, 3.05) is 23.3 Å². The molecule has 1 aromatic heterocycles. The number of carbonyl (C=O) groups is 1. The summed E-state index contributed by atoms with van der Waals surface area (Å²) in [5.74, 6) is -0.534. The van der Waals surface area contributed by atoms with Crippen molar-refractivity contribution in [2.45, 2.75) is 38.8 Å². The number of piperidine rings is 1. The summed E-state index contributed by atoms with van der Waals surface area (Å²) < 4.78 is 29.0. The average molecular weight is 413 g/mol. The third kappa shape index (κ3) is 4.08. The van der Waals surface area contributed by atoms with Gasteiger partial charge in [0.1, 0.15) is 11.6 Å². The lowest BCUT2D eigenvalue weighted by atomic mass is 10.1. The standard InChI is InChI=1S/C22H25F2N5O/c1-14(2)29-20-6-4-3-5-19(20)27-22(29)28-11-9-16(10-12-28)25-21(30)26-18-8-7-15(23)13-17(18)24/h3-8,13-14,16H,9-12H2,1-2H3,(H2,25,26,30). The number of amides is 2. The molecule has 2 N–H and O–H groups in total. The Morgan fingerprint density at radius 2 is 1.87 bits per heavy atom. The van der Waals surface area contributed by atoms with Crippen LogP contribution in [0.25, 0.3) is 11.0 Å². The van der Waals surface area contributed by atoms with Gasteiger partial charge in [-0.3, -0.25) is 0 Å². The molecular weight excluding hydrogens is 388 g/mol. The molecule has 4 rings (SSSR count). The van der Waals surface area contributed by atoms with Crippen molar-refractivity contribution in [3.05, 3.63) is 54.1 Å². The molecule has 0 atom stereocenters. The summed E-state index contributed by atoms with van der Waals surface area (Å²) >= 11 is 0. The minimum absolute atomic E-state index is 0.0263. The summed E-state index contributed by atoms with van der Waals surface area (Å²) in [4.78, 5) is 19.3. The molecule has 3 aromatic rings. The summed E-state index contributed by atoms with van der Waals surface area (Å²) in [5.41, 5.74) is 2.04. The quantitative estimate of drug-likeness (QED) is 0.653. The number of aromatic nitrogens is 2. The lowest BCUT2D eigenvalue weighted by Gasteiger charge is -2.34. The number of benzene rings is 2. The molecule has 1 aliphatic rings. The lowest BCUT2D eigenvalue weighted by Crippen LogP contribution is -2.46. The second kappa shape index (κ2) is 8.30. The van der Waals surface area contributed by atoms with Gasteiger partial charge in [0.2, 0.25) is 5.95 Å². The number of hydrogen-bond acceptors (Lipinski definition) is 3. The fraction of sp³-hybridized carbons (Fsp3) is 0.364. The number of nitrogens with zero attached hydrogens (tertiary/aromatic N) is 3. The van der Waals surface area contributed by atoms with E-state index in [1.165, 1.54) is 6.07 Å². The highest BCUT2D eigenvalue weighted by Crippen LogP contribution is 2.28. The predicted octanol–water partition coefficient (Wildman–Crippen LogP) is 4.69. The fourth-order valence-corrected chi connectivity index (χ4v) is 3.92. The van der Waals surface area contributed by atoms with Crippen molar-refractivity contribution in [1.29, 1.82) is 0 Å². The number of carbonyl (C=O) groups excluding carboxylic acids is 1. The molecule has 2 amide bonds. The van der Waals surface area contributed by atoms with Crippen LogP contribution in [0.4, 0.5) is 25.2 Å². The van der Waals surface area contributed by atoms with Crippen molar-refractivity contribution in [3.8, 4) is 0 Å². The van der Waals surface area contributed by atoms with E-state index in [4.69, 9.17) is 4.98 Å². The van der Waals surface area contributed by atoms with Crippen LogP contribution < -0.4 is 15.5 Å². The zero-order valence-electron chi connectivity index (χ0n) is 17.0. The van der Waals surface area contributed by atoms with Crippen molar-refractivity contribution >= 4 is 28.7 Å². The maximum absolute atomic E-state index is 13.7. The summed E-state index contributed by atoms with van der Waals surface area (Å²) in [7, 11) is 0. The molecule has 0 bridgehead atoms. The van der Waals surface area contributed by atoms with E-state index in [1.807, 2.05) is 18.2 Å². The summed E-state index contributed by atoms with van der Waals surface area (Å²) in [6.45, 7) is 5.80. The van der Waals surface area contributed by atoms with Gasteiger partial charge in [0.15, 0.2) is 0 Å². The summed E-state index contributed by atoms with van der Waals surface area (Å²) in [6.07, 6.45) is 1.50. The molecule has 30 heavy (non-hydrogen) atoms. The number of para-hydroxylation sites is 2. The van der Waals surface area contributed by atoms with E-state index in [9.17, 15) is 13.6 Å². The molecule has 0 unspecified atom stereocenters. The monoisotopic (exact) mass is 413 g/mol. The van der Waals surface area contributed by atoms with Crippen LogP contribution in [-0.2, 0) is 0 Å². The molecule has 1 fully saturated rings. The molecule has 6 nitrogen and oxygen atoms in total. The molecule has 1 aliphatic heterocycles. The van der Waals surface area contributed by atoms with Gasteiger partial charge in [-0.15, -0.1) is 0 Å². The van der Waals surface area contributed by atoms with E-state index >= 15 is 0 Å². The largest absolute Gasteiger partial charge is 0.342 e. The first kappa shape index (κ1) is 20.1. The number of nitrogens with one attached hydrogen (secondary N) is 2. The normalized spacial score (nSPS) is 15.0. The topological polar surface area (TPSA) is 62.2 Å². The van der Waals surface area contributed by atoms with Crippen LogP contribution in [0.2, 0.25) is 0 Å². The Kier molecular flexibility index (Phi) is 5.57. The Morgan fingerprint density at radius 1 is 1.13 bits per heavy atom. The Hall–Kier alpha value is -3.16. The molecule has 1 saturated heterocycles. The van der Waals surface area contributed by atoms with Crippen LogP contribution in [0, 0.1) is 11.6 Å². The van der Waals surface area contributed by atoms with Gasteiger partial charge in [0, 0.05) is 31.2 Å². The number of imidazole rings is 1. The molecule has 2 aromatic carbocycles. The van der Waals surface area contributed by atoms with E-state index in [0.717, 1.165) is 55.0 Å². The molecule has 0 saturated carbocycles. The van der Waals surface area contributed by atoms with Crippen LogP contribution in [-0.4, -0.2) is 34.7 Å². The first-order valence-electron chi connectivity index (χ1n) is 10.2. The van der Waals surface area contributed by atoms with Crippen LogP contribution in [0.15, 0.2) is 42.5 Å². The Bertz CT molecular complexity index is 1060. The van der Waals surface area contributed by atoms with Crippen LogP contribution in [0.3, 0.4) is 0 Å². The van der Waals surface area contributed by atoms with Crippen molar-refractivity contribution < 1.29 is 13.6 Å². The van der Waals surface area contributed by atoms with Crippen molar-refractivity contribution in [2.24, 2.45) is 0 Å². The number of halogens is 2. The Morgan fingerprint density at radius 3 is 2.57 bits per heavy atom. The number of urea groups is 1. The van der Waals surface area contributed by atoms with Gasteiger partial charge in [-0.25, -0.2) is 18.6 Å². The van der Waals surface area contributed by atoms with Crippen LogP contribution in [0.1, 0.15) is 32.7 Å². The minimum atomic E-state index is -0.799. The molecular formula is C22H25F2N5O. The second-order valence-electron chi connectivity index (χ2n) is 7.85. The molecule has 0 aliphatic carbocycles. The third-order valence-electron chi connectivity index (χ3n) is 5.39. The first-order valence-corrected chi connectivity index (χ1v) is 10.2. The average Bonchev–Trinajstić information content (AvgIpc) is 3.10. The van der Waals surface area contributed by atoms with Gasteiger partial charge in [0.05, 0.1) is 16.7 Å². The SMILES string of the molecule is CC(C)n1c(N2CCC(NC(=O)Nc3ccc(F)cc3F)CC2)nc2ccccc21. The van der Waals surface area contributed by atoms with Gasteiger partial charge in [-0.2, -0.15) is 0 Å². The maximum Gasteiger partial charge on any atom is 0.319 e. The fourth-order valence-electron chi connectivity index (χ4n) is 3.92. The highest BCUT2D eigenvalue weighted by Gasteiger charge is 2.25. The van der Waals surface area contributed by atoms with E-state index < -0.39 is 17.7 Å². The van der Waals surface area contributed by atoms with Crippen molar-refractivity contribution in [3.63, 3.8) is 0 Å². The first-order chi connectivity index (χ1) is 14.4. The number of fused-ring (bicyclic) bond motifs is 1. The zero-order chi connectivity index (χ0) is 21.3. The lowest BCUT2D eigenvalue weighted by molar-refractivity contribution is 0.245. The van der Waals surface area contributed by atoms with Gasteiger partial charge < -0.3 is 20.1 Å². The maximum atomic E-state index is 13.7. The highest BCUT2D eigenvalue weighted by atomic mass is 19.1. The van der Waals surface area contributed by atoms with Gasteiger partial charge in [0.25, 0.3) is 0 Å². The van der Waals surface area contributed by atoms with E-state index in [0.29, 0.717) is 0 Å². The summed E-state index contributed by atoms with van der Waals surface area (Å²) in [5, 5.41) is 5.33. The minimum Gasteiger partial charge on any atom is -0.342 e. The molecule has 2 heterocycles. The van der Waals surface area contributed by atoms with Gasteiger partial charge in [-0.1, -0.05) is 12.1 Å². The highest BCUT2D eigenvalue weighted by molar-refractivity contribution is 5.89. The van der Waals surface area contributed by atoms with Crippen LogP contribution >= 0.6 is 0 Å². The van der Waals surface area contributed by atoms with Crippen molar-refractivity contribution in [1.82, 2.24) is 14.9 Å². The van der Waals surface area contributed by atoms with E-state index in [1.54, 1.807) is 0 Å². The smallest absolute Gasteiger partial charge is 0.319 e. The van der Waals surface area contributed by atoms with E-state index in [2.05, 4.69) is 40.0 Å². The number of rotatable bonds is 4.